The fourth-order valence-corrected chi connectivity index (χ4v) is 1.85. The van der Waals surface area contributed by atoms with Gasteiger partial charge in [0, 0.05) is 24.7 Å². The monoisotopic (exact) mass is 284 g/mol. The summed E-state index contributed by atoms with van der Waals surface area (Å²) in [6, 6.07) is 3.67. The number of hydrogen-bond donors (Lipinski definition) is 2. The van der Waals surface area contributed by atoms with Crippen LogP contribution >= 0.6 is 12.2 Å². The third-order valence-electron chi connectivity index (χ3n) is 2.56. The molecule has 2 N–H and O–H groups in total. The van der Waals surface area contributed by atoms with Gasteiger partial charge in [0.2, 0.25) is 0 Å². The van der Waals surface area contributed by atoms with E-state index in [1.54, 1.807) is 27.4 Å². The molecule has 0 heterocycles. The lowest BCUT2D eigenvalue weighted by Crippen LogP contribution is -2.34. The van der Waals surface area contributed by atoms with Crippen LogP contribution in [0.5, 0.6) is 17.2 Å². The molecule has 0 aliphatic heterocycles. The number of nitrogens with one attached hydrogen (secondary N) is 2. The molecule has 0 atom stereocenters. The second-order valence-electron chi connectivity index (χ2n) is 3.73. The van der Waals surface area contributed by atoms with Crippen LogP contribution in [0.2, 0.25) is 0 Å². The molecule has 0 saturated heterocycles. The maximum Gasteiger partial charge on any atom is 0.166 e. The zero-order chi connectivity index (χ0) is 14.3. The van der Waals surface area contributed by atoms with Gasteiger partial charge in [0.25, 0.3) is 0 Å². The predicted octanol–water partition coefficient (Wildman–Crippen LogP) is 1.70. The summed E-state index contributed by atoms with van der Waals surface area (Å²) in [7, 11) is 4.81. The van der Waals surface area contributed by atoms with Crippen molar-refractivity contribution in [1.29, 1.82) is 0 Å². The van der Waals surface area contributed by atoms with Crippen molar-refractivity contribution in [3.63, 3.8) is 0 Å². The highest BCUT2D eigenvalue weighted by atomic mass is 32.1. The molecular formula is C13H20N2O3S. The Morgan fingerprint density at radius 2 is 1.58 bits per heavy atom. The highest BCUT2D eigenvalue weighted by Crippen LogP contribution is 2.34. The molecule has 6 heteroatoms. The van der Waals surface area contributed by atoms with Crippen LogP contribution in [0.4, 0.5) is 0 Å². The quantitative estimate of drug-likeness (QED) is 0.776. The number of hydrogen-bond acceptors (Lipinski definition) is 4. The second-order valence-corrected chi connectivity index (χ2v) is 4.14. The maximum absolute atomic E-state index is 5.34. The summed E-state index contributed by atoms with van der Waals surface area (Å²) in [5.41, 5.74) is 0.945. The molecule has 0 aliphatic rings. The number of ether oxygens (including phenoxy) is 3. The van der Waals surface area contributed by atoms with Crippen molar-refractivity contribution in [3.8, 4) is 17.2 Å². The molecule has 106 valence electrons. The Labute approximate surface area is 119 Å². The van der Waals surface area contributed by atoms with Crippen molar-refractivity contribution < 1.29 is 14.2 Å². The first-order valence-corrected chi connectivity index (χ1v) is 6.37. The van der Waals surface area contributed by atoms with Crippen molar-refractivity contribution in [1.82, 2.24) is 10.6 Å². The van der Waals surface area contributed by atoms with Crippen molar-refractivity contribution in [3.05, 3.63) is 17.7 Å². The maximum atomic E-state index is 5.34. The van der Waals surface area contributed by atoms with Crippen LogP contribution in [-0.4, -0.2) is 33.0 Å². The van der Waals surface area contributed by atoms with Gasteiger partial charge in [-0.15, -0.1) is 0 Å². The largest absolute Gasteiger partial charge is 0.496 e. The first-order valence-electron chi connectivity index (χ1n) is 5.96. The molecule has 0 spiro atoms. The van der Waals surface area contributed by atoms with Gasteiger partial charge < -0.3 is 24.8 Å². The van der Waals surface area contributed by atoms with Crippen LogP contribution in [0.1, 0.15) is 12.5 Å². The predicted molar refractivity (Wildman–Crippen MR) is 79.2 cm³/mol. The van der Waals surface area contributed by atoms with E-state index < -0.39 is 0 Å². The molecule has 0 radical (unpaired) electrons. The first kappa shape index (κ1) is 15.4. The fraction of sp³-hybridized carbons (Fsp3) is 0.462. The molecule has 1 aromatic carbocycles. The van der Waals surface area contributed by atoms with E-state index in [2.05, 4.69) is 10.6 Å². The van der Waals surface area contributed by atoms with Gasteiger partial charge in [0.15, 0.2) is 16.6 Å². The summed E-state index contributed by atoms with van der Waals surface area (Å²) in [6.45, 7) is 3.33. The van der Waals surface area contributed by atoms with Crippen LogP contribution in [0.15, 0.2) is 12.1 Å². The Hall–Kier alpha value is -1.69. The summed E-state index contributed by atoms with van der Waals surface area (Å²) in [5.74, 6) is 2.02. The van der Waals surface area contributed by atoms with Crippen molar-refractivity contribution in [2.75, 3.05) is 27.9 Å². The minimum absolute atomic E-state index is 0.551. The van der Waals surface area contributed by atoms with Crippen LogP contribution in [0, 0.1) is 0 Å². The van der Waals surface area contributed by atoms with Crippen molar-refractivity contribution in [2.24, 2.45) is 0 Å². The topological polar surface area (TPSA) is 51.8 Å². The smallest absolute Gasteiger partial charge is 0.166 e. The molecule has 0 aliphatic carbocycles. The zero-order valence-corrected chi connectivity index (χ0v) is 12.5. The zero-order valence-electron chi connectivity index (χ0n) is 11.7. The molecule has 0 bridgehead atoms. The Morgan fingerprint density at radius 1 is 1.00 bits per heavy atom. The van der Waals surface area contributed by atoms with Crippen LogP contribution in [0.25, 0.3) is 0 Å². The Kier molecular flexibility index (Phi) is 6.21. The molecule has 1 rings (SSSR count). The van der Waals surface area contributed by atoms with Gasteiger partial charge in [-0.2, -0.15) is 0 Å². The van der Waals surface area contributed by atoms with Gasteiger partial charge in [-0.25, -0.2) is 0 Å². The lowest BCUT2D eigenvalue weighted by atomic mass is 10.1. The SMILES string of the molecule is CCNC(=S)NCc1cc(OC)c(OC)cc1OC. The summed E-state index contributed by atoms with van der Waals surface area (Å²) in [6.07, 6.45) is 0. The van der Waals surface area contributed by atoms with Gasteiger partial charge in [0.1, 0.15) is 5.75 Å². The first-order chi connectivity index (χ1) is 9.15. The molecule has 0 unspecified atom stereocenters. The summed E-state index contributed by atoms with van der Waals surface area (Å²) < 4.78 is 15.8. The van der Waals surface area contributed by atoms with Crippen LogP contribution in [-0.2, 0) is 6.54 Å². The van der Waals surface area contributed by atoms with E-state index in [0.29, 0.717) is 23.2 Å². The van der Waals surface area contributed by atoms with Crippen LogP contribution in [0.3, 0.4) is 0 Å². The number of rotatable bonds is 6. The minimum atomic E-state index is 0.551. The standard InChI is InChI=1S/C13H20N2O3S/c1-5-14-13(19)15-8-9-6-11(17-3)12(18-4)7-10(9)16-2/h6-7H,5,8H2,1-4H3,(H2,14,15,19). The average molecular weight is 284 g/mol. The van der Waals surface area contributed by atoms with E-state index in [9.17, 15) is 0 Å². The third kappa shape index (κ3) is 4.17. The molecule has 1 aromatic rings. The molecule has 0 fully saturated rings. The van der Waals surface area contributed by atoms with Crippen LogP contribution < -0.4 is 24.8 Å². The normalized spacial score (nSPS) is 9.68. The molecule has 0 amide bonds. The molecular weight excluding hydrogens is 264 g/mol. The van der Waals surface area contributed by atoms with Gasteiger partial charge >= 0.3 is 0 Å². The van der Waals surface area contributed by atoms with E-state index in [0.717, 1.165) is 17.9 Å². The summed E-state index contributed by atoms with van der Waals surface area (Å²) in [5, 5.41) is 6.75. The Morgan fingerprint density at radius 3 is 2.11 bits per heavy atom. The summed E-state index contributed by atoms with van der Waals surface area (Å²) in [4.78, 5) is 0. The van der Waals surface area contributed by atoms with Crippen molar-refractivity contribution >= 4 is 17.3 Å². The number of benzene rings is 1. The van der Waals surface area contributed by atoms with Gasteiger partial charge in [-0.1, -0.05) is 0 Å². The third-order valence-corrected chi connectivity index (χ3v) is 2.85. The second kappa shape index (κ2) is 7.68. The molecule has 0 aromatic heterocycles. The lowest BCUT2D eigenvalue weighted by molar-refractivity contribution is 0.347. The number of thiocarbonyl (C=S) groups is 1. The molecule has 19 heavy (non-hydrogen) atoms. The highest BCUT2D eigenvalue weighted by molar-refractivity contribution is 7.80. The van der Waals surface area contributed by atoms with E-state index >= 15 is 0 Å². The number of methoxy groups -OCH3 is 3. The van der Waals surface area contributed by atoms with E-state index in [-0.39, 0.29) is 0 Å². The van der Waals surface area contributed by atoms with Gasteiger partial charge in [0.05, 0.1) is 21.3 Å². The van der Waals surface area contributed by atoms with Gasteiger partial charge in [-0.05, 0) is 25.2 Å². The van der Waals surface area contributed by atoms with E-state index in [4.69, 9.17) is 26.4 Å². The van der Waals surface area contributed by atoms with Crippen molar-refractivity contribution in [2.45, 2.75) is 13.5 Å². The average Bonchev–Trinajstić information content (AvgIpc) is 2.44. The highest BCUT2D eigenvalue weighted by Gasteiger charge is 2.11. The fourth-order valence-electron chi connectivity index (χ4n) is 1.63. The minimum Gasteiger partial charge on any atom is -0.496 e. The van der Waals surface area contributed by atoms with E-state index in [1.807, 2.05) is 13.0 Å². The molecule has 0 saturated carbocycles. The lowest BCUT2D eigenvalue weighted by Gasteiger charge is -2.15. The molecule has 5 nitrogen and oxygen atoms in total. The Bertz CT molecular complexity index is 438. The summed E-state index contributed by atoms with van der Waals surface area (Å²) >= 11 is 5.12. The van der Waals surface area contributed by atoms with E-state index in [1.165, 1.54) is 0 Å². The Balaban J connectivity index is 2.89. The van der Waals surface area contributed by atoms with Gasteiger partial charge in [-0.3, -0.25) is 0 Å².